The van der Waals surface area contributed by atoms with Crippen LogP contribution in [0.4, 0.5) is 0 Å². The van der Waals surface area contributed by atoms with Gasteiger partial charge in [0.2, 0.25) is 7.28 Å². The van der Waals surface area contributed by atoms with Crippen molar-refractivity contribution < 1.29 is 4.79 Å². The molecule has 0 aromatic rings. The van der Waals surface area contributed by atoms with Crippen molar-refractivity contribution in [1.29, 1.82) is 0 Å². The third kappa shape index (κ3) is 1.36. The normalized spacial score (nSPS) is 21.0. The van der Waals surface area contributed by atoms with Gasteiger partial charge < -0.3 is 4.79 Å². The Bertz CT molecular complexity index is 76.6. The summed E-state index contributed by atoms with van der Waals surface area (Å²) < 4.78 is 0. The van der Waals surface area contributed by atoms with E-state index in [1.807, 2.05) is 0 Å². The van der Waals surface area contributed by atoms with Gasteiger partial charge in [-0.25, -0.2) is 0 Å². The van der Waals surface area contributed by atoms with Crippen LogP contribution in [0, 0.1) is 0 Å². The lowest BCUT2D eigenvalue weighted by Gasteiger charge is -1.97. The second kappa shape index (κ2) is 2.90. The molecule has 0 bridgehead atoms. The molecule has 0 spiro atoms. The van der Waals surface area contributed by atoms with Crippen LogP contribution in [0.5, 0.6) is 0 Å². The standard InChI is InChI=1S/C6H10BO/c8-5-7-6-3-1-2-4-6/h5-6H,1-4H2. The van der Waals surface area contributed by atoms with Crippen molar-refractivity contribution in [3.8, 4) is 0 Å². The Labute approximate surface area is 50.7 Å². The molecule has 43 valence electrons. The van der Waals surface area contributed by atoms with Gasteiger partial charge in [-0.15, -0.1) is 0 Å². The molecule has 0 aliphatic heterocycles. The fraction of sp³-hybridized carbons (Fsp3) is 0.833. The summed E-state index contributed by atoms with van der Waals surface area (Å²) in [7, 11) is 1.78. The van der Waals surface area contributed by atoms with Crippen molar-refractivity contribution in [1.82, 2.24) is 0 Å². The third-order valence-electron chi connectivity index (χ3n) is 1.75. The van der Waals surface area contributed by atoms with Gasteiger partial charge in [0.05, 0.1) is 6.19 Å². The van der Waals surface area contributed by atoms with E-state index in [0.29, 0.717) is 5.82 Å². The molecule has 1 nitrogen and oxygen atoms in total. The lowest BCUT2D eigenvalue weighted by atomic mass is 9.65. The Morgan fingerprint density at radius 2 is 2.00 bits per heavy atom. The zero-order valence-electron chi connectivity index (χ0n) is 4.97. The maximum Gasteiger partial charge on any atom is 0.201 e. The average Bonchev–Trinajstić information content (AvgIpc) is 2.19. The van der Waals surface area contributed by atoms with Crippen molar-refractivity contribution in [3.63, 3.8) is 0 Å². The summed E-state index contributed by atoms with van der Waals surface area (Å²) in [6, 6.07) is 0. The summed E-state index contributed by atoms with van der Waals surface area (Å²) in [5.41, 5.74) is 0. The van der Waals surface area contributed by atoms with Crippen LogP contribution in [-0.4, -0.2) is 13.5 Å². The predicted octanol–water partition coefficient (Wildman–Crippen LogP) is 1.24. The van der Waals surface area contributed by atoms with E-state index in [1.54, 1.807) is 7.28 Å². The van der Waals surface area contributed by atoms with Gasteiger partial charge in [0, 0.05) is 0 Å². The molecular weight excluding hydrogens is 98.9 g/mol. The second-order valence-corrected chi connectivity index (χ2v) is 2.37. The van der Waals surface area contributed by atoms with Gasteiger partial charge >= 0.3 is 0 Å². The third-order valence-corrected chi connectivity index (χ3v) is 1.75. The van der Waals surface area contributed by atoms with Gasteiger partial charge in [-0.3, -0.25) is 0 Å². The first-order valence-electron chi connectivity index (χ1n) is 3.22. The molecule has 0 aromatic carbocycles. The molecule has 0 saturated heterocycles. The minimum absolute atomic E-state index is 0.618. The lowest BCUT2D eigenvalue weighted by molar-refractivity contribution is 0.567. The summed E-state index contributed by atoms with van der Waals surface area (Å²) in [4.78, 5) is 9.91. The zero-order chi connectivity index (χ0) is 5.82. The molecule has 8 heavy (non-hydrogen) atoms. The smallest absolute Gasteiger partial charge is 0.201 e. The Hall–Kier alpha value is -0.265. The van der Waals surface area contributed by atoms with Crippen LogP contribution < -0.4 is 0 Å². The first-order chi connectivity index (χ1) is 3.93. The van der Waals surface area contributed by atoms with E-state index >= 15 is 0 Å². The number of hydrogen-bond acceptors (Lipinski definition) is 1. The van der Waals surface area contributed by atoms with Crippen LogP contribution >= 0.6 is 0 Å². The molecule has 1 rings (SSSR count). The van der Waals surface area contributed by atoms with E-state index in [0.717, 1.165) is 6.19 Å². The Kier molecular flexibility index (Phi) is 2.13. The molecule has 2 heteroatoms. The van der Waals surface area contributed by atoms with E-state index in [1.165, 1.54) is 25.7 Å². The van der Waals surface area contributed by atoms with Crippen molar-refractivity contribution in [2.24, 2.45) is 0 Å². The minimum Gasteiger partial charge on any atom is -0.316 e. The highest BCUT2D eigenvalue weighted by molar-refractivity contribution is 6.68. The summed E-state index contributed by atoms with van der Waals surface area (Å²) in [5.74, 6) is 0.618. The van der Waals surface area contributed by atoms with Crippen molar-refractivity contribution in [2.75, 3.05) is 0 Å². The van der Waals surface area contributed by atoms with E-state index in [2.05, 4.69) is 0 Å². The summed E-state index contributed by atoms with van der Waals surface area (Å²) in [6.45, 7) is 0. The molecule has 0 amide bonds. The summed E-state index contributed by atoms with van der Waals surface area (Å²) >= 11 is 0. The average molecular weight is 109 g/mol. The van der Waals surface area contributed by atoms with Gasteiger partial charge in [-0.1, -0.05) is 31.5 Å². The van der Waals surface area contributed by atoms with Gasteiger partial charge in [0.15, 0.2) is 0 Å². The second-order valence-electron chi connectivity index (χ2n) is 2.37. The number of rotatable bonds is 2. The van der Waals surface area contributed by atoms with E-state index in [9.17, 15) is 4.79 Å². The predicted molar refractivity (Wildman–Crippen MR) is 34.7 cm³/mol. The van der Waals surface area contributed by atoms with Gasteiger partial charge in [-0.2, -0.15) is 0 Å². The Balaban J connectivity index is 2.14. The van der Waals surface area contributed by atoms with E-state index in [-0.39, 0.29) is 0 Å². The first kappa shape index (κ1) is 5.86. The first-order valence-corrected chi connectivity index (χ1v) is 3.22. The van der Waals surface area contributed by atoms with Gasteiger partial charge in [0.1, 0.15) is 0 Å². The van der Waals surface area contributed by atoms with E-state index < -0.39 is 0 Å². The molecule has 0 heterocycles. The summed E-state index contributed by atoms with van der Waals surface area (Å²) in [5, 5.41) is 0. The highest BCUT2D eigenvalue weighted by atomic mass is 16.1. The Morgan fingerprint density at radius 3 is 2.50 bits per heavy atom. The molecule has 1 fully saturated rings. The van der Waals surface area contributed by atoms with Crippen molar-refractivity contribution >= 4 is 13.5 Å². The number of carbonyl (C=O) groups excluding carboxylic acids is 1. The largest absolute Gasteiger partial charge is 0.316 e. The molecule has 1 aliphatic rings. The molecule has 0 atom stereocenters. The number of hydrogen-bond donors (Lipinski definition) is 0. The van der Waals surface area contributed by atoms with Gasteiger partial charge in [-0.05, 0) is 0 Å². The van der Waals surface area contributed by atoms with Crippen molar-refractivity contribution in [3.05, 3.63) is 0 Å². The highest BCUT2D eigenvalue weighted by Crippen LogP contribution is 2.28. The molecule has 1 aliphatic carbocycles. The van der Waals surface area contributed by atoms with Crippen LogP contribution in [0.25, 0.3) is 0 Å². The molecule has 0 N–H and O–H groups in total. The zero-order valence-corrected chi connectivity index (χ0v) is 4.97. The van der Waals surface area contributed by atoms with Crippen LogP contribution in [-0.2, 0) is 4.79 Å². The molecular formula is C6H10BO. The number of carbonyl (C=O) groups is 1. The fourth-order valence-corrected chi connectivity index (χ4v) is 1.26. The SMILES string of the molecule is O=C[B]C1CCCC1. The fourth-order valence-electron chi connectivity index (χ4n) is 1.26. The Morgan fingerprint density at radius 1 is 1.38 bits per heavy atom. The minimum atomic E-state index is 0.618. The van der Waals surface area contributed by atoms with Crippen LogP contribution in [0.1, 0.15) is 25.7 Å². The lowest BCUT2D eigenvalue weighted by Crippen LogP contribution is -1.99. The molecule has 0 unspecified atom stereocenters. The van der Waals surface area contributed by atoms with Gasteiger partial charge in [0.25, 0.3) is 0 Å². The van der Waals surface area contributed by atoms with Crippen molar-refractivity contribution in [2.45, 2.75) is 31.5 Å². The quantitative estimate of drug-likeness (QED) is 0.385. The molecule has 1 saturated carbocycles. The monoisotopic (exact) mass is 109 g/mol. The molecule has 0 aromatic heterocycles. The topological polar surface area (TPSA) is 17.1 Å². The summed E-state index contributed by atoms with van der Waals surface area (Å²) in [6.07, 6.45) is 6.03. The highest BCUT2D eigenvalue weighted by Gasteiger charge is 2.14. The van der Waals surface area contributed by atoms with Crippen LogP contribution in [0.3, 0.4) is 0 Å². The maximum atomic E-state index is 9.91. The maximum absolute atomic E-state index is 9.91. The van der Waals surface area contributed by atoms with Crippen LogP contribution in [0.2, 0.25) is 5.82 Å². The van der Waals surface area contributed by atoms with Crippen LogP contribution in [0.15, 0.2) is 0 Å². The molecule has 1 radical (unpaired) electrons. The van der Waals surface area contributed by atoms with E-state index in [4.69, 9.17) is 0 Å².